The molecule has 0 spiro atoms. The SMILES string of the molecule is Cc1nc(-c2ccc(-c3ccc(C(=O)O)cc3)c(Cl)c2)no1. The summed E-state index contributed by atoms with van der Waals surface area (Å²) in [6.07, 6.45) is 0. The van der Waals surface area contributed by atoms with Gasteiger partial charge in [-0.1, -0.05) is 41.0 Å². The number of halogens is 1. The molecular weight excluding hydrogens is 304 g/mol. The standard InChI is InChI=1S/C16H11ClN2O3/c1-9-18-15(19-22-9)12-6-7-13(14(17)8-12)10-2-4-11(5-3-10)16(20)21/h2-8H,1H3,(H,20,21). The van der Waals surface area contributed by atoms with Gasteiger partial charge in [-0.25, -0.2) is 4.79 Å². The minimum atomic E-state index is -0.958. The third kappa shape index (κ3) is 2.71. The molecule has 0 amide bonds. The lowest BCUT2D eigenvalue weighted by Crippen LogP contribution is -1.95. The maximum Gasteiger partial charge on any atom is 0.335 e. The van der Waals surface area contributed by atoms with Gasteiger partial charge in [-0.3, -0.25) is 0 Å². The Hall–Kier alpha value is -2.66. The van der Waals surface area contributed by atoms with E-state index in [0.29, 0.717) is 16.7 Å². The molecule has 110 valence electrons. The number of carboxylic acids is 1. The fraction of sp³-hybridized carbons (Fsp3) is 0.0625. The van der Waals surface area contributed by atoms with Crippen LogP contribution in [0.4, 0.5) is 0 Å². The smallest absolute Gasteiger partial charge is 0.335 e. The topological polar surface area (TPSA) is 76.2 Å². The molecule has 0 atom stereocenters. The van der Waals surface area contributed by atoms with Crippen molar-refractivity contribution in [2.45, 2.75) is 6.92 Å². The average Bonchev–Trinajstić information content (AvgIpc) is 2.94. The zero-order valence-corrected chi connectivity index (χ0v) is 12.3. The van der Waals surface area contributed by atoms with Crippen molar-refractivity contribution >= 4 is 17.6 Å². The minimum absolute atomic E-state index is 0.235. The maximum atomic E-state index is 10.9. The summed E-state index contributed by atoms with van der Waals surface area (Å²) in [4.78, 5) is 15.0. The van der Waals surface area contributed by atoms with Gasteiger partial charge in [0.15, 0.2) is 0 Å². The first kappa shape index (κ1) is 14.3. The molecular formula is C16H11ClN2O3. The number of hydrogen-bond acceptors (Lipinski definition) is 4. The van der Waals surface area contributed by atoms with E-state index in [-0.39, 0.29) is 5.56 Å². The Morgan fingerprint density at radius 3 is 2.36 bits per heavy atom. The lowest BCUT2D eigenvalue weighted by molar-refractivity contribution is 0.0697. The third-order valence-corrected chi connectivity index (χ3v) is 3.51. The van der Waals surface area contributed by atoms with E-state index in [9.17, 15) is 4.79 Å². The zero-order valence-electron chi connectivity index (χ0n) is 11.6. The molecule has 5 nitrogen and oxygen atoms in total. The predicted molar refractivity (Wildman–Crippen MR) is 81.9 cm³/mol. The van der Waals surface area contributed by atoms with Gasteiger partial charge in [0.05, 0.1) is 5.56 Å². The van der Waals surface area contributed by atoms with Gasteiger partial charge in [0.2, 0.25) is 11.7 Å². The summed E-state index contributed by atoms with van der Waals surface area (Å²) in [5.41, 5.74) is 2.64. The van der Waals surface area contributed by atoms with Gasteiger partial charge in [0.1, 0.15) is 0 Å². The second-order valence-corrected chi connectivity index (χ2v) is 5.12. The number of hydrogen-bond donors (Lipinski definition) is 1. The van der Waals surface area contributed by atoms with E-state index >= 15 is 0 Å². The summed E-state index contributed by atoms with van der Waals surface area (Å²) in [6.45, 7) is 1.72. The first-order valence-electron chi connectivity index (χ1n) is 6.48. The fourth-order valence-corrected chi connectivity index (χ4v) is 2.39. The van der Waals surface area contributed by atoms with Crippen LogP contribution < -0.4 is 0 Å². The molecule has 0 aliphatic heterocycles. The number of aromatic carboxylic acids is 1. The highest BCUT2D eigenvalue weighted by Crippen LogP contribution is 2.31. The summed E-state index contributed by atoms with van der Waals surface area (Å²) in [7, 11) is 0. The van der Waals surface area contributed by atoms with E-state index in [1.165, 1.54) is 0 Å². The number of benzene rings is 2. The molecule has 0 saturated heterocycles. The van der Waals surface area contributed by atoms with Crippen molar-refractivity contribution in [3.8, 4) is 22.5 Å². The summed E-state index contributed by atoms with van der Waals surface area (Å²) < 4.78 is 4.95. The molecule has 0 bridgehead atoms. The van der Waals surface area contributed by atoms with E-state index in [1.54, 1.807) is 37.3 Å². The van der Waals surface area contributed by atoms with Gasteiger partial charge in [0, 0.05) is 23.1 Å². The molecule has 3 aromatic rings. The number of carbonyl (C=O) groups is 1. The van der Waals surface area contributed by atoms with Crippen molar-refractivity contribution in [3.05, 3.63) is 58.9 Å². The second kappa shape index (κ2) is 5.61. The van der Waals surface area contributed by atoms with Gasteiger partial charge >= 0.3 is 5.97 Å². The third-order valence-electron chi connectivity index (χ3n) is 3.20. The fourth-order valence-electron chi connectivity index (χ4n) is 2.10. The van der Waals surface area contributed by atoms with Crippen molar-refractivity contribution < 1.29 is 14.4 Å². The minimum Gasteiger partial charge on any atom is -0.478 e. The lowest BCUT2D eigenvalue weighted by Gasteiger charge is -2.06. The molecule has 0 unspecified atom stereocenters. The quantitative estimate of drug-likeness (QED) is 0.788. The number of rotatable bonds is 3. The summed E-state index contributed by atoms with van der Waals surface area (Å²) in [6, 6.07) is 12.0. The highest BCUT2D eigenvalue weighted by atomic mass is 35.5. The van der Waals surface area contributed by atoms with Crippen LogP contribution in [0.1, 0.15) is 16.2 Å². The van der Waals surface area contributed by atoms with Crippen LogP contribution in [0.3, 0.4) is 0 Å². The number of carboxylic acid groups (broad SMARTS) is 1. The van der Waals surface area contributed by atoms with Gasteiger partial charge in [-0.05, 0) is 23.8 Å². The molecule has 2 aromatic carbocycles. The van der Waals surface area contributed by atoms with Crippen LogP contribution in [-0.4, -0.2) is 21.2 Å². The van der Waals surface area contributed by atoms with Crippen LogP contribution in [0, 0.1) is 6.92 Å². The molecule has 22 heavy (non-hydrogen) atoms. The Kier molecular flexibility index (Phi) is 3.65. The van der Waals surface area contributed by atoms with E-state index in [1.807, 2.05) is 12.1 Å². The highest BCUT2D eigenvalue weighted by molar-refractivity contribution is 6.33. The van der Waals surface area contributed by atoms with Gasteiger partial charge in [-0.2, -0.15) is 4.98 Å². The van der Waals surface area contributed by atoms with E-state index in [4.69, 9.17) is 21.2 Å². The maximum absolute atomic E-state index is 10.9. The molecule has 1 aromatic heterocycles. The normalized spacial score (nSPS) is 10.6. The Morgan fingerprint density at radius 1 is 1.14 bits per heavy atom. The monoisotopic (exact) mass is 314 g/mol. The molecule has 1 heterocycles. The van der Waals surface area contributed by atoms with Crippen LogP contribution in [0.5, 0.6) is 0 Å². The van der Waals surface area contributed by atoms with Crippen molar-refractivity contribution in [3.63, 3.8) is 0 Å². The molecule has 0 fully saturated rings. The molecule has 3 rings (SSSR count). The number of nitrogens with zero attached hydrogens (tertiary/aromatic N) is 2. The van der Waals surface area contributed by atoms with Crippen molar-refractivity contribution in [1.29, 1.82) is 0 Å². The largest absolute Gasteiger partial charge is 0.478 e. The van der Waals surface area contributed by atoms with Gasteiger partial charge < -0.3 is 9.63 Å². The summed E-state index contributed by atoms with van der Waals surface area (Å²) in [5, 5.41) is 13.3. The predicted octanol–water partition coefficient (Wildman–Crippen LogP) is 4.06. The van der Waals surface area contributed by atoms with E-state index < -0.39 is 5.97 Å². The molecule has 0 aliphatic rings. The van der Waals surface area contributed by atoms with Gasteiger partial charge in [0.25, 0.3) is 0 Å². The average molecular weight is 315 g/mol. The summed E-state index contributed by atoms with van der Waals surface area (Å²) >= 11 is 6.32. The van der Waals surface area contributed by atoms with E-state index in [2.05, 4.69) is 10.1 Å². The van der Waals surface area contributed by atoms with Gasteiger partial charge in [-0.15, -0.1) is 0 Å². The van der Waals surface area contributed by atoms with Crippen LogP contribution in [-0.2, 0) is 0 Å². The lowest BCUT2D eigenvalue weighted by atomic mass is 10.0. The molecule has 0 radical (unpaired) electrons. The molecule has 1 N–H and O–H groups in total. The Balaban J connectivity index is 1.96. The summed E-state index contributed by atoms with van der Waals surface area (Å²) in [5.74, 6) is 0.00658. The van der Waals surface area contributed by atoms with Crippen LogP contribution >= 0.6 is 11.6 Å². The van der Waals surface area contributed by atoms with Crippen molar-refractivity contribution in [2.75, 3.05) is 0 Å². The zero-order chi connectivity index (χ0) is 15.7. The van der Waals surface area contributed by atoms with E-state index in [0.717, 1.165) is 16.7 Å². The molecule has 6 heteroatoms. The number of aryl methyl sites for hydroxylation is 1. The Morgan fingerprint density at radius 2 is 1.82 bits per heavy atom. The van der Waals surface area contributed by atoms with Crippen molar-refractivity contribution in [1.82, 2.24) is 10.1 Å². The van der Waals surface area contributed by atoms with Crippen molar-refractivity contribution in [2.24, 2.45) is 0 Å². The Bertz CT molecular complexity index is 841. The van der Waals surface area contributed by atoms with Crippen LogP contribution in [0.2, 0.25) is 5.02 Å². The van der Waals surface area contributed by atoms with Crippen LogP contribution in [0.25, 0.3) is 22.5 Å². The Labute approximate surface area is 131 Å². The number of aromatic nitrogens is 2. The first-order valence-corrected chi connectivity index (χ1v) is 6.86. The first-order chi connectivity index (χ1) is 10.5. The highest BCUT2D eigenvalue weighted by Gasteiger charge is 2.10. The molecule has 0 saturated carbocycles. The van der Waals surface area contributed by atoms with Crippen LogP contribution in [0.15, 0.2) is 47.0 Å². The molecule has 0 aliphatic carbocycles. The second-order valence-electron chi connectivity index (χ2n) is 4.71.